The predicted octanol–water partition coefficient (Wildman–Crippen LogP) is -0.399. The number of hydrogen-bond donors (Lipinski definition) is 0. The van der Waals surface area contributed by atoms with Crippen molar-refractivity contribution < 1.29 is 4.73 Å². The topological polar surface area (TPSA) is 91.4 Å². The molecule has 3 aromatic heterocycles. The van der Waals surface area contributed by atoms with Crippen LogP contribution in [0.3, 0.4) is 0 Å². The fourth-order valence-electron chi connectivity index (χ4n) is 1.29. The van der Waals surface area contributed by atoms with E-state index in [1.54, 1.807) is 0 Å². The lowest BCUT2D eigenvalue weighted by molar-refractivity contribution is -0.582. The van der Waals surface area contributed by atoms with Gasteiger partial charge in [0, 0.05) is 0 Å². The minimum absolute atomic E-state index is 0.205. The summed E-state index contributed by atoms with van der Waals surface area (Å²) in [5.74, 6) is 0. The van der Waals surface area contributed by atoms with Crippen LogP contribution in [-0.2, 0) is 0 Å². The van der Waals surface area contributed by atoms with Crippen LogP contribution in [0.4, 0.5) is 0 Å². The lowest BCUT2D eigenvalue weighted by atomic mass is 10.4. The third kappa shape index (κ3) is 1.13. The molecule has 3 rings (SSSR count). The van der Waals surface area contributed by atoms with Crippen LogP contribution in [0.1, 0.15) is 0 Å². The smallest absolute Gasteiger partial charge is 0.294 e. The highest BCUT2D eigenvalue weighted by Gasteiger charge is 2.09. The lowest BCUT2D eigenvalue weighted by Gasteiger charge is -2.02. The summed E-state index contributed by atoms with van der Waals surface area (Å²) in [6.07, 6.45) is 5.50. The van der Waals surface area contributed by atoms with Crippen LogP contribution in [0, 0.1) is 5.21 Å². The third-order valence-corrected chi connectivity index (χ3v) is 1.93. The Hall–Kier alpha value is -2.44. The maximum atomic E-state index is 11.3. The SMILES string of the molecule is [O-][n+]1cncc2nc3cncnc3nc21. The first kappa shape index (κ1) is 7.92. The van der Waals surface area contributed by atoms with E-state index in [1.807, 2.05) is 0 Å². The van der Waals surface area contributed by atoms with Gasteiger partial charge in [-0.15, -0.1) is 4.98 Å². The number of nitrogens with zero attached hydrogens (tertiary/aromatic N) is 6. The fourth-order valence-corrected chi connectivity index (χ4v) is 1.29. The van der Waals surface area contributed by atoms with Crippen molar-refractivity contribution in [2.75, 3.05) is 0 Å². The van der Waals surface area contributed by atoms with Gasteiger partial charge in [-0.25, -0.2) is 14.7 Å². The van der Waals surface area contributed by atoms with Gasteiger partial charge in [-0.05, 0) is 0 Å². The molecule has 72 valence electrons. The van der Waals surface area contributed by atoms with Gasteiger partial charge in [-0.3, -0.25) is 0 Å². The van der Waals surface area contributed by atoms with E-state index in [1.165, 1.54) is 18.7 Å². The van der Waals surface area contributed by atoms with E-state index in [4.69, 9.17) is 0 Å². The van der Waals surface area contributed by atoms with Gasteiger partial charge in [0.1, 0.15) is 18.0 Å². The molecule has 0 aliphatic heterocycles. The normalized spacial score (nSPS) is 10.9. The second kappa shape index (κ2) is 2.77. The molecule has 0 atom stereocenters. The number of fused-ring (bicyclic) bond motifs is 2. The molecule has 3 heterocycles. The van der Waals surface area contributed by atoms with Crippen LogP contribution in [0.5, 0.6) is 0 Å². The van der Waals surface area contributed by atoms with E-state index in [0.29, 0.717) is 21.4 Å². The molecule has 0 unspecified atom stereocenters. The number of rotatable bonds is 0. The third-order valence-electron chi connectivity index (χ3n) is 1.93. The van der Waals surface area contributed by atoms with Crippen molar-refractivity contribution in [3.63, 3.8) is 0 Å². The van der Waals surface area contributed by atoms with Crippen molar-refractivity contribution in [2.45, 2.75) is 0 Å². The summed E-state index contributed by atoms with van der Waals surface area (Å²) in [4.78, 5) is 19.7. The van der Waals surface area contributed by atoms with Gasteiger partial charge >= 0.3 is 0 Å². The summed E-state index contributed by atoms with van der Waals surface area (Å²) in [7, 11) is 0. The van der Waals surface area contributed by atoms with Gasteiger partial charge in [0.15, 0.2) is 5.52 Å². The maximum Gasteiger partial charge on any atom is 0.294 e. The molecule has 7 nitrogen and oxygen atoms in total. The Morgan fingerprint density at radius 3 is 2.87 bits per heavy atom. The van der Waals surface area contributed by atoms with Crippen molar-refractivity contribution in [1.82, 2.24) is 24.9 Å². The van der Waals surface area contributed by atoms with Crippen molar-refractivity contribution >= 4 is 22.3 Å². The predicted molar refractivity (Wildman–Crippen MR) is 49.4 cm³/mol. The Morgan fingerprint density at radius 2 is 1.93 bits per heavy atom. The zero-order chi connectivity index (χ0) is 10.3. The van der Waals surface area contributed by atoms with Crippen LogP contribution < -0.4 is 4.73 Å². The van der Waals surface area contributed by atoms with Crippen molar-refractivity contribution in [3.05, 3.63) is 30.3 Å². The summed E-state index contributed by atoms with van der Waals surface area (Å²) in [5, 5.41) is 11.3. The molecule has 0 aliphatic carbocycles. The van der Waals surface area contributed by atoms with Crippen LogP contribution in [0.2, 0.25) is 0 Å². The van der Waals surface area contributed by atoms with E-state index < -0.39 is 0 Å². The second-order valence-electron chi connectivity index (χ2n) is 2.88. The molecule has 0 fully saturated rings. The molecule has 0 radical (unpaired) electrons. The van der Waals surface area contributed by atoms with Gasteiger partial charge in [0.2, 0.25) is 6.33 Å². The first-order valence-corrected chi connectivity index (χ1v) is 4.15. The number of hydrogen-bond acceptors (Lipinski definition) is 6. The van der Waals surface area contributed by atoms with Crippen LogP contribution >= 0.6 is 0 Å². The van der Waals surface area contributed by atoms with Crippen molar-refractivity contribution in [2.24, 2.45) is 0 Å². The van der Waals surface area contributed by atoms with Gasteiger partial charge in [-0.2, -0.15) is 4.98 Å². The van der Waals surface area contributed by atoms with Gasteiger partial charge < -0.3 is 5.21 Å². The first-order valence-electron chi connectivity index (χ1n) is 4.15. The monoisotopic (exact) mass is 200 g/mol. The molecule has 0 aliphatic rings. The molecule has 0 bridgehead atoms. The highest BCUT2D eigenvalue weighted by atomic mass is 16.5. The summed E-state index contributed by atoms with van der Waals surface area (Å²) in [5.41, 5.74) is 1.57. The zero-order valence-electron chi connectivity index (χ0n) is 7.40. The highest BCUT2D eigenvalue weighted by Crippen LogP contribution is 2.08. The van der Waals surface area contributed by atoms with Crippen molar-refractivity contribution in [1.29, 1.82) is 0 Å². The quantitative estimate of drug-likeness (QED) is 0.278. The van der Waals surface area contributed by atoms with E-state index >= 15 is 0 Å². The average molecular weight is 200 g/mol. The molecule has 0 saturated carbocycles. The molecule has 0 N–H and O–H groups in total. The van der Waals surface area contributed by atoms with Crippen LogP contribution in [0.15, 0.2) is 25.0 Å². The van der Waals surface area contributed by atoms with Gasteiger partial charge in [0.25, 0.3) is 11.3 Å². The van der Waals surface area contributed by atoms with Crippen LogP contribution in [-0.4, -0.2) is 24.9 Å². The van der Waals surface area contributed by atoms with Crippen LogP contribution in [0.25, 0.3) is 22.3 Å². The Morgan fingerprint density at radius 1 is 1.07 bits per heavy atom. The van der Waals surface area contributed by atoms with E-state index in [9.17, 15) is 5.21 Å². The molecule has 0 saturated heterocycles. The molecule has 0 amide bonds. The largest absolute Gasteiger partial charge is 0.740 e. The highest BCUT2D eigenvalue weighted by molar-refractivity contribution is 5.78. The zero-order valence-corrected chi connectivity index (χ0v) is 7.40. The molecular weight excluding hydrogens is 196 g/mol. The average Bonchev–Trinajstić information content (AvgIpc) is 2.27. The Balaban J connectivity index is 2.53. The number of aromatic nitrogens is 6. The maximum absolute atomic E-state index is 11.3. The standard InChI is InChI=1S/C8H4N6O/c15-14-4-10-2-6-8(14)13-7-5(12-6)1-9-3-11-7/h1-4H. The first-order chi connectivity index (χ1) is 7.34. The molecule has 15 heavy (non-hydrogen) atoms. The minimum Gasteiger partial charge on any atom is -0.740 e. The van der Waals surface area contributed by atoms with E-state index in [-0.39, 0.29) is 5.65 Å². The van der Waals surface area contributed by atoms with E-state index in [2.05, 4.69) is 24.9 Å². The molecule has 0 spiro atoms. The molecule has 3 aromatic rings. The van der Waals surface area contributed by atoms with Gasteiger partial charge in [-0.1, -0.05) is 4.98 Å². The Kier molecular flexibility index (Phi) is 1.46. The summed E-state index contributed by atoms with van der Waals surface area (Å²) in [6, 6.07) is 0. The molecule has 0 aromatic carbocycles. The summed E-state index contributed by atoms with van der Waals surface area (Å²) >= 11 is 0. The fraction of sp³-hybridized carbons (Fsp3) is 0. The molecular formula is C8H4N6O. The van der Waals surface area contributed by atoms with E-state index in [0.717, 1.165) is 6.33 Å². The summed E-state index contributed by atoms with van der Waals surface area (Å²) < 4.78 is 0.559. The lowest BCUT2D eigenvalue weighted by Crippen LogP contribution is -2.28. The minimum atomic E-state index is 0.205. The Bertz CT molecular complexity index is 655. The summed E-state index contributed by atoms with van der Waals surface area (Å²) in [6.45, 7) is 0. The van der Waals surface area contributed by atoms with Gasteiger partial charge in [0.05, 0.1) is 6.20 Å². The Labute approximate surface area is 83.1 Å². The molecule has 7 heteroatoms. The van der Waals surface area contributed by atoms with Crippen molar-refractivity contribution in [3.8, 4) is 0 Å². The second-order valence-corrected chi connectivity index (χ2v) is 2.88.